The molecule has 1 unspecified atom stereocenters. The molecule has 1 amide bonds. The normalized spacial score (nSPS) is 24.1. The fraction of sp³-hybridized carbons (Fsp3) is 0.607. The number of ether oxygens (including phenoxy) is 3. The molecular formula is C28H37N7O4. The van der Waals surface area contributed by atoms with Crippen LogP contribution in [0, 0.1) is 5.92 Å². The van der Waals surface area contributed by atoms with Crippen molar-refractivity contribution in [2.45, 2.75) is 57.3 Å². The van der Waals surface area contributed by atoms with Crippen molar-refractivity contribution in [2.75, 3.05) is 51.9 Å². The molecular weight excluding hydrogens is 498 g/mol. The first-order valence-corrected chi connectivity index (χ1v) is 14.1. The number of hydrogen-bond donors (Lipinski definition) is 0. The third-order valence-corrected chi connectivity index (χ3v) is 7.89. The Labute approximate surface area is 228 Å². The molecule has 0 bridgehead atoms. The van der Waals surface area contributed by atoms with E-state index < -0.39 is 0 Å². The Hall–Kier alpha value is -3.31. The lowest BCUT2D eigenvalue weighted by Crippen LogP contribution is -2.37. The molecule has 1 saturated carbocycles. The molecule has 3 fully saturated rings. The van der Waals surface area contributed by atoms with Crippen LogP contribution >= 0.6 is 0 Å². The van der Waals surface area contributed by atoms with Crippen LogP contribution in [0.3, 0.4) is 0 Å². The van der Waals surface area contributed by atoms with Gasteiger partial charge in [0.1, 0.15) is 12.3 Å². The fourth-order valence-corrected chi connectivity index (χ4v) is 5.70. The minimum atomic E-state index is -0.0466. The van der Waals surface area contributed by atoms with E-state index in [2.05, 4.69) is 4.90 Å². The zero-order valence-corrected chi connectivity index (χ0v) is 22.8. The molecule has 3 aromatic rings. The molecule has 1 aliphatic carbocycles. The zero-order chi connectivity index (χ0) is 26.8. The Balaban J connectivity index is 1.30. The van der Waals surface area contributed by atoms with Gasteiger partial charge in [0.05, 0.1) is 18.7 Å². The van der Waals surface area contributed by atoms with E-state index in [0.29, 0.717) is 44.1 Å². The standard InChI is InChI=1S/C28H37N7O4/c1-33(2)26(36)19-9-11-20(12-10-19)39-28-30-25(29-27(31-28)34-13-16-37-17-14-34)21-6-5-7-23-22(21)18-35(32-23)24-8-3-4-15-38-24/h5-7,18-20,24H,3-4,8-17H2,1-2H3/t19-,20-,24?. The molecule has 0 spiro atoms. The summed E-state index contributed by atoms with van der Waals surface area (Å²) in [6.45, 7) is 3.44. The lowest BCUT2D eigenvalue weighted by molar-refractivity contribution is -0.134. The van der Waals surface area contributed by atoms with Crippen LogP contribution < -0.4 is 9.64 Å². The van der Waals surface area contributed by atoms with E-state index in [-0.39, 0.29) is 24.2 Å². The maximum Gasteiger partial charge on any atom is 0.322 e. The fourth-order valence-electron chi connectivity index (χ4n) is 5.70. The van der Waals surface area contributed by atoms with Crippen molar-refractivity contribution >= 4 is 22.8 Å². The van der Waals surface area contributed by atoms with E-state index in [0.717, 1.165) is 68.0 Å². The number of aromatic nitrogens is 5. The van der Waals surface area contributed by atoms with Crippen LogP contribution in [-0.2, 0) is 14.3 Å². The number of amides is 1. The third-order valence-electron chi connectivity index (χ3n) is 7.89. The Bertz CT molecular complexity index is 1290. The highest BCUT2D eigenvalue weighted by Gasteiger charge is 2.29. The number of morpholine rings is 1. The minimum absolute atomic E-state index is 0.0361. The third kappa shape index (κ3) is 5.69. The van der Waals surface area contributed by atoms with Crippen molar-refractivity contribution in [2.24, 2.45) is 5.92 Å². The molecule has 39 heavy (non-hydrogen) atoms. The van der Waals surface area contributed by atoms with Gasteiger partial charge in [-0.25, -0.2) is 4.68 Å². The topological polar surface area (TPSA) is 108 Å². The molecule has 11 nitrogen and oxygen atoms in total. The monoisotopic (exact) mass is 535 g/mol. The van der Waals surface area contributed by atoms with E-state index in [1.807, 2.05) is 43.2 Å². The van der Waals surface area contributed by atoms with Gasteiger partial charge in [0, 0.05) is 56.9 Å². The summed E-state index contributed by atoms with van der Waals surface area (Å²) in [5.41, 5.74) is 1.76. The second kappa shape index (κ2) is 11.4. The molecule has 4 heterocycles. The smallest absolute Gasteiger partial charge is 0.322 e. The molecule has 6 rings (SSSR count). The van der Waals surface area contributed by atoms with E-state index in [1.54, 1.807) is 4.90 Å². The van der Waals surface area contributed by atoms with Crippen LogP contribution in [0.5, 0.6) is 6.01 Å². The molecule has 2 aliphatic heterocycles. The largest absolute Gasteiger partial charge is 0.460 e. The second-order valence-corrected chi connectivity index (χ2v) is 10.8. The molecule has 1 aromatic carbocycles. The number of hydrogen-bond acceptors (Lipinski definition) is 9. The van der Waals surface area contributed by atoms with E-state index in [4.69, 9.17) is 34.3 Å². The van der Waals surface area contributed by atoms with Gasteiger partial charge in [0.15, 0.2) is 5.82 Å². The molecule has 2 saturated heterocycles. The summed E-state index contributed by atoms with van der Waals surface area (Å²) >= 11 is 0. The van der Waals surface area contributed by atoms with Gasteiger partial charge in [-0.15, -0.1) is 0 Å². The van der Waals surface area contributed by atoms with Crippen molar-refractivity contribution in [1.29, 1.82) is 0 Å². The Morgan fingerprint density at radius 3 is 2.56 bits per heavy atom. The van der Waals surface area contributed by atoms with Crippen LogP contribution in [0.15, 0.2) is 24.4 Å². The van der Waals surface area contributed by atoms with Crippen LogP contribution in [-0.4, -0.2) is 88.6 Å². The van der Waals surface area contributed by atoms with Crippen molar-refractivity contribution in [1.82, 2.24) is 29.6 Å². The lowest BCUT2D eigenvalue weighted by atomic mass is 9.86. The molecule has 208 valence electrons. The first-order chi connectivity index (χ1) is 19.0. The summed E-state index contributed by atoms with van der Waals surface area (Å²) in [6.07, 6.45) is 8.34. The molecule has 2 aromatic heterocycles. The molecule has 3 aliphatic rings. The highest BCUT2D eigenvalue weighted by molar-refractivity contribution is 5.92. The summed E-state index contributed by atoms with van der Waals surface area (Å²) in [5, 5.41) is 5.79. The van der Waals surface area contributed by atoms with Gasteiger partial charge in [-0.2, -0.15) is 20.1 Å². The SMILES string of the molecule is CN(C)C(=O)[C@H]1CC[C@H](Oc2nc(-c3cccc4nn(C5CCCCO5)cc34)nc(N3CCOCC3)n2)CC1. The van der Waals surface area contributed by atoms with Gasteiger partial charge in [-0.3, -0.25) is 4.79 Å². The highest BCUT2D eigenvalue weighted by Crippen LogP contribution is 2.32. The maximum atomic E-state index is 12.4. The van der Waals surface area contributed by atoms with E-state index in [9.17, 15) is 4.79 Å². The van der Waals surface area contributed by atoms with Gasteiger partial charge in [-0.05, 0) is 51.0 Å². The van der Waals surface area contributed by atoms with Crippen molar-refractivity contribution in [3.05, 3.63) is 24.4 Å². The van der Waals surface area contributed by atoms with E-state index >= 15 is 0 Å². The number of nitrogens with zero attached hydrogens (tertiary/aromatic N) is 7. The summed E-state index contributed by atoms with van der Waals surface area (Å²) in [7, 11) is 3.63. The predicted octanol–water partition coefficient (Wildman–Crippen LogP) is 3.45. The van der Waals surface area contributed by atoms with Gasteiger partial charge >= 0.3 is 6.01 Å². The van der Waals surface area contributed by atoms with Crippen LogP contribution in [0.1, 0.15) is 51.2 Å². The second-order valence-electron chi connectivity index (χ2n) is 10.8. The summed E-state index contributed by atoms with van der Waals surface area (Å²) in [5.74, 6) is 1.40. The van der Waals surface area contributed by atoms with Gasteiger partial charge in [0.25, 0.3) is 0 Å². The highest BCUT2D eigenvalue weighted by atomic mass is 16.5. The lowest BCUT2D eigenvalue weighted by Gasteiger charge is -2.30. The van der Waals surface area contributed by atoms with Crippen molar-refractivity contribution in [3.63, 3.8) is 0 Å². The molecule has 11 heteroatoms. The number of anilines is 1. The van der Waals surface area contributed by atoms with Crippen LogP contribution in [0.25, 0.3) is 22.3 Å². The quantitative estimate of drug-likeness (QED) is 0.469. The van der Waals surface area contributed by atoms with Gasteiger partial charge in [-0.1, -0.05) is 12.1 Å². The van der Waals surface area contributed by atoms with E-state index in [1.165, 1.54) is 0 Å². The number of carbonyl (C=O) groups excluding carboxylic acids is 1. The summed E-state index contributed by atoms with van der Waals surface area (Å²) in [4.78, 5) is 30.6. The minimum Gasteiger partial charge on any atom is -0.460 e. The first kappa shape index (κ1) is 25.9. The number of rotatable bonds is 6. The van der Waals surface area contributed by atoms with Gasteiger partial charge < -0.3 is 24.0 Å². The summed E-state index contributed by atoms with van der Waals surface area (Å²) in [6, 6.07) is 6.34. The average Bonchev–Trinajstić information content (AvgIpc) is 3.43. The zero-order valence-electron chi connectivity index (χ0n) is 22.8. The van der Waals surface area contributed by atoms with Gasteiger partial charge in [0.2, 0.25) is 11.9 Å². The summed E-state index contributed by atoms with van der Waals surface area (Å²) < 4.78 is 19.8. The van der Waals surface area contributed by atoms with Crippen molar-refractivity contribution < 1.29 is 19.0 Å². The molecule has 1 atom stereocenters. The Morgan fingerprint density at radius 2 is 1.82 bits per heavy atom. The molecule has 0 N–H and O–H groups in total. The first-order valence-electron chi connectivity index (χ1n) is 14.1. The predicted molar refractivity (Wildman–Crippen MR) is 145 cm³/mol. The Morgan fingerprint density at radius 1 is 1.00 bits per heavy atom. The average molecular weight is 536 g/mol. The number of benzene rings is 1. The number of carbonyl (C=O) groups is 1. The van der Waals surface area contributed by atoms with Crippen LogP contribution in [0.2, 0.25) is 0 Å². The Kier molecular flexibility index (Phi) is 7.60. The van der Waals surface area contributed by atoms with Crippen LogP contribution in [0.4, 0.5) is 5.95 Å². The van der Waals surface area contributed by atoms with Crippen molar-refractivity contribution in [3.8, 4) is 17.4 Å². The molecule has 0 radical (unpaired) electrons. The maximum absolute atomic E-state index is 12.4. The number of fused-ring (bicyclic) bond motifs is 1.